The Bertz CT molecular complexity index is 651. The van der Waals surface area contributed by atoms with E-state index in [9.17, 15) is 4.79 Å². The van der Waals surface area contributed by atoms with Crippen LogP contribution in [0.25, 0.3) is 11.3 Å². The van der Waals surface area contributed by atoms with E-state index in [0.717, 1.165) is 27.2 Å². The average Bonchev–Trinajstić information content (AvgIpc) is 3.07. The van der Waals surface area contributed by atoms with E-state index in [0.29, 0.717) is 6.42 Å². The average molecular weight is 321 g/mol. The van der Waals surface area contributed by atoms with E-state index < -0.39 is 5.97 Å². The Morgan fingerprint density at radius 3 is 2.95 bits per heavy atom. The number of imidazole rings is 1. The van der Waals surface area contributed by atoms with E-state index in [4.69, 9.17) is 5.11 Å². The lowest BCUT2D eigenvalue weighted by Crippen LogP contribution is -1.99. The molecule has 2 aromatic rings. The largest absolute Gasteiger partial charge is 0.481 e. The molecule has 3 rings (SSSR count). The zero-order valence-electron chi connectivity index (χ0n) is 10.4. The molecular formula is C14H13BrN2O2. The number of aliphatic carboxylic acids is 1. The summed E-state index contributed by atoms with van der Waals surface area (Å²) in [4.78, 5) is 18.7. The van der Waals surface area contributed by atoms with Gasteiger partial charge in [-0.25, -0.2) is 4.98 Å². The first kappa shape index (κ1) is 12.4. The third kappa shape index (κ3) is 2.30. The van der Waals surface area contributed by atoms with Gasteiger partial charge in [-0.05, 0) is 25.5 Å². The van der Waals surface area contributed by atoms with Crippen molar-refractivity contribution in [2.24, 2.45) is 5.92 Å². The number of carboxylic acids is 1. The third-order valence-corrected chi connectivity index (χ3v) is 3.95. The number of nitrogens with one attached hydrogen (secondary N) is 1. The molecule has 1 heterocycles. The molecule has 98 valence electrons. The molecule has 0 aliphatic heterocycles. The van der Waals surface area contributed by atoms with Gasteiger partial charge in [0.2, 0.25) is 0 Å². The topological polar surface area (TPSA) is 66.0 Å². The highest BCUT2D eigenvalue weighted by molar-refractivity contribution is 9.10. The fraction of sp³-hybridized carbons (Fsp3) is 0.286. The molecule has 1 aliphatic rings. The second-order valence-corrected chi connectivity index (χ2v) is 5.81. The molecule has 2 unspecified atom stereocenters. The lowest BCUT2D eigenvalue weighted by atomic mass is 10.1. The number of carbonyl (C=O) groups is 1. The van der Waals surface area contributed by atoms with Gasteiger partial charge in [0.05, 0.1) is 11.6 Å². The first-order valence-electron chi connectivity index (χ1n) is 6.11. The summed E-state index contributed by atoms with van der Waals surface area (Å²) in [6, 6.07) is 7.94. The highest BCUT2D eigenvalue weighted by atomic mass is 79.9. The summed E-state index contributed by atoms with van der Waals surface area (Å²) in [5, 5.41) is 8.97. The fourth-order valence-electron chi connectivity index (χ4n) is 2.35. The summed E-state index contributed by atoms with van der Waals surface area (Å²) < 4.78 is 1.00. The highest BCUT2D eigenvalue weighted by Crippen LogP contribution is 2.47. The van der Waals surface area contributed by atoms with Gasteiger partial charge in [0.15, 0.2) is 0 Å². The van der Waals surface area contributed by atoms with E-state index in [2.05, 4.69) is 25.9 Å². The maximum absolute atomic E-state index is 10.9. The molecule has 4 nitrogen and oxygen atoms in total. The van der Waals surface area contributed by atoms with Gasteiger partial charge in [0.25, 0.3) is 0 Å². The number of hydrogen-bond donors (Lipinski definition) is 2. The summed E-state index contributed by atoms with van der Waals surface area (Å²) in [6.07, 6.45) is 0.681. The maximum atomic E-state index is 10.9. The van der Waals surface area contributed by atoms with Crippen molar-refractivity contribution < 1.29 is 9.90 Å². The van der Waals surface area contributed by atoms with Gasteiger partial charge in [-0.1, -0.05) is 28.1 Å². The Morgan fingerprint density at radius 2 is 2.32 bits per heavy atom. The zero-order chi connectivity index (χ0) is 13.6. The van der Waals surface area contributed by atoms with Crippen molar-refractivity contribution in [3.63, 3.8) is 0 Å². The number of benzene rings is 1. The Hall–Kier alpha value is -1.62. The van der Waals surface area contributed by atoms with Crippen LogP contribution in [-0.4, -0.2) is 21.0 Å². The minimum atomic E-state index is -0.733. The Kier molecular flexibility index (Phi) is 2.93. The van der Waals surface area contributed by atoms with E-state index in [1.165, 1.54) is 0 Å². The molecule has 0 spiro atoms. The summed E-state index contributed by atoms with van der Waals surface area (Å²) in [6.45, 7) is 1.96. The highest BCUT2D eigenvalue weighted by Gasteiger charge is 2.46. The number of H-pyrrole nitrogens is 1. The van der Waals surface area contributed by atoms with Gasteiger partial charge in [0.1, 0.15) is 5.82 Å². The minimum Gasteiger partial charge on any atom is -0.481 e. The summed E-state index contributed by atoms with van der Waals surface area (Å²) in [7, 11) is 0. The number of halogens is 1. The monoisotopic (exact) mass is 320 g/mol. The maximum Gasteiger partial charge on any atom is 0.307 e. The van der Waals surface area contributed by atoms with E-state index in [1.54, 1.807) is 0 Å². The van der Waals surface area contributed by atoms with Crippen molar-refractivity contribution in [2.45, 2.75) is 19.3 Å². The second-order valence-electron chi connectivity index (χ2n) is 4.89. The van der Waals surface area contributed by atoms with Crippen LogP contribution < -0.4 is 0 Å². The molecule has 1 aliphatic carbocycles. The molecule has 1 fully saturated rings. The van der Waals surface area contributed by atoms with Crippen LogP contribution >= 0.6 is 15.9 Å². The molecule has 0 saturated heterocycles. The zero-order valence-corrected chi connectivity index (χ0v) is 11.9. The lowest BCUT2D eigenvalue weighted by Gasteiger charge is -1.98. The van der Waals surface area contributed by atoms with Crippen LogP contribution in [0.4, 0.5) is 0 Å². The van der Waals surface area contributed by atoms with Crippen molar-refractivity contribution in [3.8, 4) is 11.3 Å². The van der Waals surface area contributed by atoms with Crippen LogP contribution in [0.5, 0.6) is 0 Å². The van der Waals surface area contributed by atoms with Crippen LogP contribution in [0, 0.1) is 12.8 Å². The normalized spacial score (nSPS) is 21.4. The molecule has 19 heavy (non-hydrogen) atoms. The number of carboxylic acid groups (broad SMARTS) is 1. The van der Waals surface area contributed by atoms with Crippen LogP contribution in [-0.2, 0) is 4.79 Å². The number of nitrogens with zero attached hydrogens (tertiary/aromatic N) is 1. The molecule has 2 atom stereocenters. The number of aromatic nitrogens is 2. The number of aryl methyl sites for hydroxylation is 1. The van der Waals surface area contributed by atoms with Gasteiger partial charge in [-0.2, -0.15) is 0 Å². The van der Waals surface area contributed by atoms with Crippen molar-refractivity contribution >= 4 is 21.9 Å². The van der Waals surface area contributed by atoms with Crippen molar-refractivity contribution in [3.05, 3.63) is 40.3 Å². The van der Waals surface area contributed by atoms with Crippen molar-refractivity contribution in [1.29, 1.82) is 0 Å². The smallest absolute Gasteiger partial charge is 0.307 e. The van der Waals surface area contributed by atoms with Gasteiger partial charge in [0, 0.05) is 21.6 Å². The second kappa shape index (κ2) is 4.49. The van der Waals surface area contributed by atoms with Gasteiger partial charge >= 0.3 is 5.97 Å². The SMILES string of the molecule is Cc1[nH]c(C2CC2C(=O)O)nc1-c1cccc(Br)c1. The van der Waals surface area contributed by atoms with Crippen molar-refractivity contribution in [2.75, 3.05) is 0 Å². The summed E-state index contributed by atoms with van der Waals surface area (Å²) in [5.41, 5.74) is 2.90. The van der Waals surface area contributed by atoms with Crippen LogP contribution in [0.2, 0.25) is 0 Å². The standard InChI is InChI=1S/C14H13BrN2O2/c1-7-12(8-3-2-4-9(15)5-8)17-13(16-7)10-6-11(10)14(18)19/h2-5,10-11H,6H2,1H3,(H,16,17)(H,18,19). The van der Waals surface area contributed by atoms with E-state index in [1.807, 2.05) is 31.2 Å². The van der Waals surface area contributed by atoms with Crippen LogP contribution in [0.15, 0.2) is 28.7 Å². The lowest BCUT2D eigenvalue weighted by molar-refractivity contribution is -0.138. The molecule has 0 amide bonds. The molecule has 0 bridgehead atoms. The predicted molar refractivity (Wildman–Crippen MR) is 74.9 cm³/mol. The number of rotatable bonds is 3. The Labute approximate surface area is 119 Å². The molecule has 1 aromatic carbocycles. The Balaban J connectivity index is 1.92. The first-order valence-corrected chi connectivity index (χ1v) is 6.91. The quantitative estimate of drug-likeness (QED) is 0.911. The van der Waals surface area contributed by atoms with Gasteiger partial charge in [-0.3, -0.25) is 4.79 Å². The van der Waals surface area contributed by atoms with Gasteiger partial charge < -0.3 is 10.1 Å². The predicted octanol–water partition coefficient (Wildman–Crippen LogP) is 3.34. The number of hydrogen-bond acceptors (Lipinski definition) is 2. The van der Waals surface area contributed by atoms with E-state index >= 15 is 0 Å². The fourth-order valence-corrected chi connectivity index (χ4v) is 2.75. The molecular weight excluding hydrogens is 308 g/mol. The van der Waals surface area contributed by atoms with E-state index in [-0.39, 0.29) is 11.8 Å². The first-order chi connectivity index (χ1) is 9.06. The van der Waals surface area contributed by atoms with Crippen LogP contribution in [0.1, 0.15) is 23.9 Å². The molecule has 5 heteroatoms. The third-order valence-electron chi connectivity index (χ3n) is 3.46. The number of aromatic amines is 1. The van der Waals surface area contributed by atoms with Crippen molar-refractivity contribution in [1.82, 2.24) is 9.97 Å². The molecule has 2 N–H and O–H groups in total. The molecule has 1 aromatic heterocycles. The molecule has 0 radical (unpaired) electrons. The molecule has 1 saturated carbocycles. The Morgan fingerprint density at radius 1 is 1.53 bits per heavy atom. The summed E-state index contributed by atoms with van der Waals surface area (Å²) >= 11 is 3.44. The summed E-state index contributed by atoms with van der Waals surface area (Å²) in [5.74, 6) is -0.180. The van der Waals surface area contributed by atoms with Gasteiger partial charge in [-0.15, -0.1) is 0 Å². The van der Waals surface area contributed by atoms with Crippen LogP contribution in [0.3, 0.4) is 0 Å². The minimum absolute atomic E-state index is 0.0390.